The molecule has 2 aromatic rings. The van der Waals surface area contributed by atoms with Crippen molar-refractivity contribution in [1.82, 2.24) is 4.90 Å². The number of carbonyl (C=O) groups excluding carboxylic acids is 1. The Morgan fingerprint density at radius 3 is 2.18 bits per heavy atom. The van der Waals surface area contributed by atoms with E-state index in [0.717, 1.165) is 73.6 Å². The molecule has 2 aliphatic heterocycles. The Morgan fingerprint density at radius 1 is 0.955 bits per heavy atom. The topological polar surface area (TPSA) is 53.9 Å². The van der Waals surface area contributed by atoms with Crippen LogP contribution in [-0.2, 0) is 9.53 Å². The molecule has 0 aliphatic carbocycles. The number of piperazine rings is 1. The van der Waals surface area contributed by atoms with Crippen molar-refractivity contribution in [1.29, 1.82) is 0 Å². The van der Waals surface area contributed by atoms with Crippen LogP contribution in [-0.4, -0.2) is 61.1 Å². The minimum absolute atomic E-state index is 0. The lowest BCUT2D eigenvalue weighted by Gasteiger charge is -2.42. The maximum atomic E-state index is 13.4. The number of amidine groups is 1. The average Bonchev–Trinajstić information content (AvgIpc) is 3.30. The zero-order valence-corrected chi connectivity index (χ0v) is 30.8. The highest BCUT2D eigenvalue weighted by Gasteiger charge is 2.34. The molecule has 3 heterocycles. The van der Waals surface area contributed by atoms with E-state index in [4.69, 9.17) is 9.73 Å². The number of benzene rings is 1. The number of hydrogen-bond donors (Lipinski definition) is 1. The molecule has 44 heavy (non-hydrogen) atoms. The molecule has 6 nitrogen and oxygen atoms in total. The second kappa shape index (κ2) is 19.1. The fourth-order valence-electron chi connectivity index (χ4n) is 6.34. The van der Waals surface area contributed by atoms with E-state index in [1.807, 2.05) is 0 Å². The summed E-state index contributed by atoms with van der Waals surface area (Å²) in [5.74, 6) is 1.15. The molecule has 1 saturated heterocycles. The van der Waals surface area contributed by atoms with Gasteiger partial charge < -0.3 is 38.9 Å². The van der Waals surface area contributed by atoms with Crippen LogP contribution in [0.15, 0.2) is 35.3 Å². The summed E-state index contributed by atoms with van der Waals surface area (Å²) in [6, 6.07) is 10.6. The van der Waals surface area contributed by atoms with Crippen LogP contribution in [0.3, 0.4) is 0 Å². The standard InChI is InChI=1S/C36H57N4O2S.HI/c1-5-7-9-11-13-15-19-30(20-16-14-12-10-8-6-2)36(41)42-28-40(4)25-23-39(24-26-40)34-31-27-29(3)43-35(31)38-33-22-18-17-21-32(33)37-34;/h17-18,21-22,27,30,38H,5-16,19-20,23-26,28H2,1-4H3;1H/q+1;/p-1. The van der Waals surface area contributed by atoms with Crippen LogP contribution in [0.1, 0.15) is 114 Å². The number of likely N-dealkylation sites (N-methyl/N-ethyl adjacent to an activating group) is 1. The van der Waals surface area contributed by atoms with Gasteiger partial charge >= 0.3 is 5.97 Å². The molecular weight excluding hydrogens is 679 g/mol. The lowest BCUT2D eigenvalue weighted by atomic mass is 9.94. The van der Waals surface area contributed by atoms with Gasteiger partial charge in [-0.25, -0.2) is 4.99 Å². The Morgan fingerprint density at radius 2 is 1.55 bits per heavy atom. The number of aryl methyl sites for hydroxylation is 1. The molecule has 1 aromatic heterocycles. The van der Waals surface area contributed by atoms with Crippen molar-refractivity contribution in [2.45, 2.75) is 111 Å². The van der Waals surface area contributed by atoms with Gasteiger partial charge in [0.05, 0.1) is 56.1 Å². The molecule has 1 fully saturated rings. The van der Waals surface area contributed by atoms with Crippen LogP contribution in [0.25, 0.3) is 0 Å². The number of para-hydroxylation sites is 2. The van der Waals surface area contributed by atoms with Crippen molar-refractivity contribution >= 4 is 39.5 Å². The fourth-order valence-corrected chi connectivity index (χ4v) is 7.26. The number of unbranched alkanes of at least 4 members (excludes halogenated alkanes) is 10. The van der Waals surface area contributed by atoms with Gasteiger partial charge in [-0.05, 0) is 38.0 Å². The Hall–Kier alpha value is -1.65. The molecule has 0 unspecified atom stereocenters. The van der Waals surface area contributed by atoms with Gasteiger partial charge in [0.15, 0.2) is 0 Å². The molecular formula is C36H57IN4O2S. The maximum Gasteiger partial charge on any atom is 0.313 e. The molecule has 1 aromatic carbocycles. The largest absolute Gasteiger partial charge is 1.00 e. The highest BCUT2D eigenvalue weighted by molar-refractivity contribution is 7.16. The highest BCUT2D eigenvalue weighted by atomic mass is 127. The van der Waals surface area contributed by atoms with Gasteiger partial charge in [0.2, 0.25) is 6.73 Å². The van der Waals surface area contributed by atoms with Crippen LogP contribution in [0.2, 0.25) is 0 Å². The van der Waals surface area contributed by atoms with Crippen LogP contribution in [0, 0.1) is 12.8 Å². The Balaban J connectivity index is 0.00000529. The van der Waals surface area contributed by atoms with Crippen molar-refractivity contribution in [3.63, 3.8) is 0 Å². The Bertz CT molecular complexity index is 1160. The van der Waals surface area contributed by atoms with Crippen LogP contribution in [0.5, 0.6) is 0 Å². The lowest BCUT2D eigenvalue weighted by molar-refractivity contribution is -0.929. The predicted molar refractivity (Wildman–Crippen MR) is 183 cm³/mol. The Kier molecular flexibility index (Phi) is 16.0. The molecule has 0 saturated carbocycles. The first-order chi connectivity index (χ1) is 20.9. The van der Waals surface area contributed by atoms with E-state index in [9.17, 15) is 4.79 Å². The average molecular weight is 737 g/mol. The third-order valence-electron chi connectivity index (χ3n) is 9.26. The molecule has 0 amide bonds. The number of esters is 1. The van der Waals surface area contributed by atoms with Crippen LogP contribution >= 0.6 is 11.3 Å². The van der Waals surface area contributed by atoms with Gasteiger partial charge in [0.1, 0.15) is 10.8 Å². The van der Waals surface area contributed by atoms with Crippen molar-refractivity contribution in [2.75, 3.05) is 45.3 Å². The number of nitrogens with one attached hydrogen (secondary N) is 1. The number of ether oxygens (including phenoxy) is 1. The first-order valence-electron chi connectivity index (χ1n) is 17.2. The summed E-state index contributed by atoms with van der Waals surface area (Å²) < 4.78 is 6.89. The SMILES string of the molecule is CCCCCCCCC(CCCCCCCC)C(=O)OC[N+]1(C)CCN(C2=Nc3ccccc3Nc3sc(C)cc32)CC1.[I-]. The predicted octanol–water partition coefficient (Wildman–Crippen LogP) is 6.58. The Labute approximate surface area is 288 Å². The number of halogens is 1. The van der Waals surface area contributed by atoms with Crippen molar-refractivity contribution in [3.8, 4) is 0 Å². The molecule has 0 bridgehead atoms. The first kappa shape index (κ1) is 36.8. The van der Waals surface area contributed by atoms with Crippen molar-refractivity contribution in [3.05, 3.63) is 40.8 Å². The molecule has 4 rings (SSSR count). The summed E-state index contributed by atoms with van der Waals surface area (Å²) in [5, 5.41) is 4.79. The van der Waals surface area contributed by atoms with Gasteiger partial charge in [0, 0.05) is 4.88 Å². The number of carbonyl (C=O) groups is 1. The summed E-state index contributed by atoms with van der Waals surface area (Å²) in [7, 11) is 2.24. The number of hydrogen-bond acceptors (Lipinski definition) is 6. The van der Waals surface area contributed by atoms with Crippen LogP contribution < -0.4 is 29.3 Å². The number of rotatable bonds is 17. The monoisotopic (exact) mass is 736 g/mol. The molecule has 1 N–H and O–H groups in total. The van der Waals surface area contributed by atoms with E-state index in [1.165, 1.54) is 79.6 Å². The second-order valence-corrected chi connectivity index (χ2v) is 14.4. The van der Waals surface area contributed by atoms with E-state index in [1.54, 1.807) is 11.3 Å². The first-order valence-corrected chi connectivity index (χ1v) is 18.0. The van der Waals surface area contributed by atoms with Crippen molar-refractivity contribution in [2.24, 2.45) is 10.9 Å². The molecule has 8 heteroatoms. The zero-order chi connectivity index (χ0) is 30.5. The van der Waals surface area contributed by atoms with Crippen LogP contribution in [0.4, 0.5) is 16.4 Å². The smallest absolute Gasteiger partial charge is 0.313 e. The summed E-state index contributed by atoms with van der Waals surface area (Å²) in [4.78, 5) is 22.3. The number of aliphatic imine (C=N–C) groups is 1. The van der Waals surface area contributed by atoms with Gasteiger partial charge in [-0.3, -0.25) is 9.28 Å². The van der Waals surface area contributed by atoms with Gasteiger partial charge in [-0.2, -0.15) is 0 Å². The minimum atomic E-state index is 0. The number of anilines is 2. The molecule has 246 valence electrons. The van der Waals surface area contributed by atoms with E-state index in [-0.39, 0.29) is 35.9 Å². The second-order valence-electron chi connectivity index (χ2n) is 13.1. The fraction of sp³-hybridized carbons (Fsp3) is 0.667. The highest BCUT2D eigenvalue weighted by Crippen LogP contribution is 2.39. The van der Waals surface area contributed by atoms with E-state index in [2.05, 4.69) is 68.4 Å². The molecule has 0 spiro atoms. The normalized spacial score (nSPS) is 15.5. The van der Waals surface area contributed by atoms with E-state index in [0.29, 0.717) is 6.73 Å². The third kappa shape index (κ3) is 11.0. The number of fused-ring (bicyclic) bond motifs is 2. The molecule has 2 aliphatic rings. The number of thiophene rings is 1. The zero-order valence-electron chi connectivity index (χ0n) is 27.8. The van der Waals surface area contributed by atoms with Gasteiger partial charge in [-0.1, -0.05) is 103 Å². The van der Waals surface area contributed by atoms with Gasteiger partial charge in [-0.15, -0.1) is 11.3 Å². The lowest BCUT2D eigenvalue weighted by Crippen LogP contribution is -3.00. The summed E-state index contributed by atoms with van der Waals surface area (Å²) >= 11 is 1.79. The van der Waals surface area contributed by atoms with E-state index >= 15 is 0 Å². The molecule has 0 atom stereocenters. The summed E-state index contributed by atoms with van der Waals surface area (Å²) in [5.41, 5.74) is 3.23. The summed E-state index contributed by atoms with van der Waals surface area (Å²) in [6.07, 6.45) is 17.1. The quantitative estimate of drug-likeness (QED) is 0.0865. The minimum Gasteiger partial charge on any atom is -1.00 e. The van der Waals surface area contributed by atoms with E-state index < -0.39 is 0 Å². The summed E-state index contributed by atoms with van der Waals surface area (Å²) in [6.45, 7) is 10.8. The number of quaternary nitrogens is 1. The molecule has 0 radical (unpaired) electrons. The number of nitrogens with zero attached hydrogens (tertiary/aromatic N) is 3. The van der Waals surface area contributed by atoms with Crippen molar-refractivity contribution < 1.29 is 38.0 Å². The van der Waals surface area contributed by atoms with Gasteiger partial charge in [0.25, 0.3) is 0 Å². The third-order valence-corrected chi connectivity index (χ3v) is 10.2. The maximum absolute atomic E-state index is 13.4.